The first-order chi connectivity index (χ1) is 10.3. The van der Waals surface area contributed by atoms with Crippen LogP contribution in [0.25, 0.3) is 0 Å². The van der Waals surface area contributed by atoms with Crippen LogP contribution >= 0.6 is 0 Å². The number of carbonyl (C=O) groups is 1. The normalized spacial score (nSPS) is 27.5. The lowest BCUT2D eigenvalue weighted by Gasteiger charge is -2.41. The van der Waals surface area contributed by atoms with E-state index in [-0.39, 0.29) is 11.7 Å². The molecule has 2 N–H and O–H groups in total. The minimum absolute atomic E-state index is 0.0156. The highest BCUT2D eigenvalue weighted by atomic mass is 16.3. The number of aromatic amines is 1. The lowest BCUT2D eigenvalue weighted by Crippen LogP contribution is -2.48. The molecule has 0 bridgehead atoms. The van der Waals surface area contributed by atoms with Crippen molar-refractivity contribution in [1.82, 2.24) is 10.2 Å². The number of hydrogen-bond donors (Lipinski definition) is 2. The van der Waals surface area contributed by atoms with Gasteiger partial charge < -0.3 is 5.11 Å². The van der Waals surface area contributed by atoms with Crippen LogP contribution < -0.4 is 0 Å². The van der Waals surface area contributed by atoms with Gasteiger partial charge in [0.1, 0.15) is 5.78 Å². The summed E-state index contributed by atoms with van der Waals surface area (Å²) in [5.74, 6) is -0.601. The maximum Gasteiger partial charge on any atom is 0.136 e. The number of aromatic nitrogens is 2. The molecule has 1 aliphatic rings. The first kappa shape index (κ1) is 15.0. The van der Waals surface area contributed by atoms with E-state index in [1.54, 1.807) is 13.8 Å². The number of aliphatic hydroxyl groups is 1. The summed E-state index contributed by atoms with van der Waals surface area (Å²) in [7, 11) is 0. The second-order valence-corrected chi connectivity index (χ2v) is 6.72. The summed E-state index contributed by atoms with van der Waals surface area (Å²) in [5.41, 5.74) is 4.05. The van der Waals surface area contributed by atoms with Crippen molar-refractivity contribution in [2.75, 3.05) is 0 Å². The van der Waals surface area contributed by atoms with E-state index in [4.69, 9.17) is 0 Å². The van der Waals surface area contributed by atoms with E-state index in [0.717, 1.165) is 22.5 Å². The summed E-state index contributed by atoms with van der Waals surface area (Å²) < 4.78 is 0. The van der Waals surface area contributed by atoms with Gasteiger partial charge in [0.25, 0.3) is 0 Å². The quantitative estimate of drug-likeness (QED) is 0.896. The highest BCUT2D eigenvalue weighted by Crippen LogP contribution is 2.46. The fourth-order valence-electron chi connectivity index (χ4n) is 3.82. The molecule has 0 amide bonds. The van der Waals surface area contributed by atoms with Crippen LogP contribution in [0.15, 0.2) is 24.3 Å². The molecule has 0 saturated carbocycles. The van der Waals surface area contributed by atoms with E-state index in [1.165, 1.54) is 5.56 Å². The second-order valence-electron chi connectivity index (χ2n) is 6.72. The summed E-state index contributed by atoms with van der Waals surface area (Å²) in [6.07, 6.45) is 0.402. The Hall–Kier alpha value is -1.94. The summed E-state index contributed by atoms with van der Waals surface area (Å²) in [5, 5.41) is 18.2. The molecule has 3 atom stereocenters. The number of H-pyrrole nitrogens is 1. The molecule has 0 spiro atoms. The van der Waals surface area contributed by atoms with Gasteiger partial charge in [-0.3, -0.25) is 9.89 Å². The third-order valence-corrected chi connectivity index (χ3v) is 4.79. The van der Waals surface area contributed by atoms with Gasteiger partial charge in [-0.15, -0.1) is 0 Å². The zero-order valence-corrected chi connectivity index (χ0v) is 13.5. The first-order valence-corrected chi connectivity index (χ1v) is 7.64. The number of fused-ring (bicyclic) bond motifs is 1. The smallest absolute Gasteiger partial charge is 0.136 e. The van der Waals surface area contributed by atoms with Crippen LogP contribution in [-0.2, 0) is 11.2 Å². The number of nitrogens with one attached hydrogen (secondary N) is 1. The number of nitrogens with zero attached hydrogens (tertiary/aromatic N) is 1. The molecule has 1 aromatic carbocycles. The Kier molecular flexibility index (Phi) is 3.44. The predicted molar refractivity (Wildman–Crippen MR) is 84.8 cm³/mol. The lowest BCUT2D eigenvalue weighted by atomic mass is 9.64. The van der Waals surface area contributed by atoms with Crippen LogP contribution in [0.3, 0.4) is 0 Å². The molecule has 1 heterocycles. The molecule has 1 aromatic heterocycles. The molecule has 4 nitrogen and oxygen atoms in total. The van der Waals surface area contributed by atoms with Crippen molar-refractivity contribution in [1.29, 1.82) is 0 Å². The average molecular weight is 298 g/mol. The Bertz CT molecular complexity index is 713. The largest absolute Gasteiger partial charge is 0.389 e. The van der Waals surface area contributed by atoms with Gasteiger partial charge in [0.15, 0.2) is 0 Å². The Morgan fingerprint density at radius 1 is 1.32 bits per heavy atom. The Morgan fingerprint density at radius 3 is 2.55 bits per heavy atom. The molecule has 0 fully saturated rings. The fraction of sp³-hybridized carbons (Fsp3) is 0.444. The monoisotopic (exact) mass is 298 g/mol. The molecular weight excluding hydrogens is 276 g/mol. The van der Waals surface area contributed by atoms with Gasteiger partial charge in [0.05, 0.1) is 17.2 Å². The molecule has 0 aliphatic heterocycles. The van der Waals surface area contributed by atoms with Crippen LogP contribution in [0.5, 0.6) is 0 Å². The van der Waals surface area contributed by atoms with Gasteiger partial charge in [0, 0.05) is 23.6 Å². The van der Waals surface area contributed by atoms with E-state index >= 15 is 0 Å². The summed E-state index contributed by atoms with van der Waals surface area (Å²) in [6.45, 7) is 7.33. The third-order valence-electron chi connectivity index (χ3n) is 4.79. The molecule has 4 heteroatoms. The van der Waals surface area contributed by atoms with Gasteiger partial charge in [0.2, 0.25) is 0 Å². The van der Waals surface area contributed by atoms with Crippen molar-refractivity contribution in [3.8, 4) is 0 Å². The molecule has 1 aliphatic carbocycles. The predicted octanol–water partition coefficient (Wildman–Crippen LogP) is 2.67. The molecular formula is C18H22N2O2. The number of hydrogen-bond acceptors (Lipinski definition) is 3. The Balaban J connectivity index is 2.23. The maximum absolute atomic E-state index is 12.3. The van der Waals surface area contributed by atoms with Crippen LogP contribution in [-0.4, -0.2) is 26.7 Å². The topological polar surface area (TPSA) is 66.0 Å². The number of carbonyl (C=O) groups excluding carboxylic acids is 1. The second kappa shape index (κ2) is 5.06. The number of rotatable bonds is 2. The highest BCUT2D eigenvalue weighted by Gasteiger charge is 2.48. The van der Waals surface area contributed by atoms with Crippen molar-refractivity contribution < 1.29 is 9.90 Å². The molecule has 0 unspecified atom stereocenters. The third kappa shape index (κ3) is 2.28. The lowest BCUT2D eigenvalue weighted by molar-refractivity contribution is -0.130. The molecule has 3 rings (SSSR count). The van der Waals surface area contributed by atoms with E-state index < -0.39 is 11.5 Å². The number of aryl methyl sites for hydroxylation is 2. The van der Waals surface area contributed by atoms with Crippen molar-refractivity contribution in [2.24, 2.45) is 5.92 Å². The maximum atomic E-state index is 12.3. The molecule has 0 saturated heterocycles. The van der Waals surface area contributed by atoms with Crippen molar-refractivity contribution in [3.05, 3.63) is 52.3 Å². The van der Waals surface area contributed by atoms with E-state index in [2.05, 4.69) is 10.2 Å². The van der Waals surface area contributed by atoms with Crippen LogP contribution in [0.2, 0.25) is 0 Å². The molecule has 22 heavy (non-hydrogen) atoms. The molecule has 2 aromatic rings. The van der Waals surface area contributed by atoms with Crippen LogP contribution in [0.4, 0.5) is 0 Å². The highest BCUT2D eigenvalue weighted by molar-refractivity contribution is 5.82. The van der Waals surface area contributed by atoms with Gasteiger partial charge in [-0.2, -0.15) is 5.10 Å². The van der Waals surface area contributed by atoms with E-state index in [9.17, 15) is 9.90 Å². The minimum atomic E-state index is -1.09. The number of benzene rings is 1. The summed E-state index contributed by atoms with van der Waals surface area (Å²) >= 11 is 0. The first-order valence-electron chi connectivity index (χ1n) is 7.64. The molecule has 116 valence electrons. The van der Waals surface area contributed by atoms with Gasteiger partial charge in [-0.05, 0) is 33.3 Å². The minimum Gasteiger partial charge on any atom is -0.389 e. The molecule has 0 radical (unpaired) electrons. The van der Waals surface area contributed by atoms with Crippen LogP contribution in [0, 0.1) is 19.8 Å². The zero-order chi connectivity index (χ0) is 16.1. The Labute approximate surface area is 130 Å². The number of Topliss-reactive ketones (excluding diaryl/α,β-unsaturated/α-hetero) is 1. The standard InChI is InChI=1S/C18H22N2O2/c1-10-5-7-13(8-6-10)16-15-11(2)19-20-14(15)9-18(4,22)17(16)12(3)21/h5-8,16-17,22H,9H2,1-4H3,(H,19,20)/t16-,17+,18-/m1/s1. The van der Waals surface area contributed by atoms with Crippen molar-refractivity contribution in [3.63, 3.8) is 0 Å². The van der Waals surface area contributed by atoms with Gasteiger partial charge >= 0.3 is 0 Å². The van der Waals surface area contributed by atoms with Crippen LogP contribution in [0.1, 0.15) is 47.8 Å². The van der Waals surface area contributed by atoms with Gasteiger partial charge in [-0.25, -0.2) is 0 Å². The summed E-state index contributed by atoms with van der Waals surface area (Å²) in [6, 6.07) is 8.19. The van der Waals surface area contributed by atoms with Crippen molar-refractivity contribution in [2.45, 2.75) is 45.6 Å². The van der Waals surface area contributed by atoms with Crippen molar-refractivity contribution >= 4 is 5.78 Å². The fourth-order valence-corrected chi connectivity index (χ4v) is 3.82. The van der Waals surface area contributed by atoms with Gasteiger partial charge in [-0.1, -0.05) is 29.8 Å². The summed E-state index contributed by atoms with van der Waals surface area (Å²) in [4.78, 5) is 12.3. The Morgan fingerprint density at radius 2 is 1.95 bits per heavy atom. The SMILES string of the molecule is CC(=O)[C@H]1[C@H](c2ccc(C)cc2)c2c(n[nH]c2C)C[C@@]1(C)O. The van der Waals surface area contributed by atoms with E-state index in [1.807, 2.05) is 38.1 Å². The zero-order valence-electron chi connectivity index (χ0n) is 13.5. The van der Waals surface area contributed by atoms with E-state index in [0.29, 0.717) is 6.42 Å². The average Bonchev–Trinajstić information content (AvgIpc) is 2.77. The number of ketones is 1.